The molecule has 10 heavy (non-hydrogen) atoms. The molecule has 0 aliphatic heterocycles. The zero-order chi connectivity index (χ0) is 7.28. The maximum atomic E-state index is 4.02. The molecule has 0 radical (unpaired) electrons. The summed E-state index contributed by atoms with van der Waals surface area (Å²) >= 11 is 0. The number of likely N-dealkylation sites (N-methyl/N-ethyl adjacent to an activating group) is 2. The molecule has 0 N–H and O–H groups in total. The molecule has 0 aromatic heterocycles. The third kappa shape index (κ3) is 7.83. The summed E-state index contributed by atoms with van der Waals surface area (Å²) in [4.78, 5) is 2.28. The van der Waals surface area contributed by atoms with Crippen LogP contribution in [0.2, 0.25) is 0 Å². The fourth-order valence-corrected chi connectivity index (χ4v) is 0.516. The molecule has 0 aliphatic carbocycles. The Hall–Kier alpha value is 1.73. The van der Waals surface area contributed by atoms with Crippen molar-refractivity contribution in [1.82, 2.24) is 4.90 Å². The van der Waals surface area contributed by atoms with Gasteiger partial charge in [0.25, 0.3) is 0 Å². The molecule has 0 fully saturated rings. The molecule has 0 atom stereocenters. The summed E-state index contributed by atoms with van der Waals surface area (Å²) in [5.74, 6) is 0. The Bertz CT molecular complexity index is 66.6. The van der Waals surface area contributed by atoms with Gasteiger partial charge in [0, 0.05) is 6.04 Å². The second kappa shape index (κ2) is 8.82. The molecule has 0 heterocycles. The van der Waals surface area contributed by atoms with Crippen LogP contribution in [-0.4, -0.2) is 38.1 Å². The predicted octanol–water partition coefficient (Wildman–Crippen LogP) is -1.67. The van der Waals surface area contributed by atoms with Gasteiger partial charge in [-0.3, -0.25) is 0 Å². The van der Waals surface area contributed by atoms with Crippen LogP contribution < -0.4 is 58.2 Å². The second-order valence-electron chi connectivity index (χ2n) is 2.61. The van der Waals surface area contributed by atoms with Crippen molar-refractivity contribution >= 4 is 0 Å². The van der Waals surface area contributed by atoms with Gasteiger partial charge in [-0.25, -0.2) is 0 Å². The molecule has 0 amide bonds. The summed E-state index contributed by atoms with van der Waals surface area (Å²) in [6, 6.07) is 0.645. The average molecular weight is 215 g/mol. The molecule has 2 nitrogen and oxygen atoms in total. The van der Waals surface area contributed by atoms with Crippen LogP contribution in [0.3, 0.4) is 0 Å². The summed E-state index contributed by atoms with van der Waals surface area (Å²) in [5.41, 5.74) is 0. The van der Waals surface area contributed by atoms with Crippen molar-refractivity contribution in [1.29, 1.82) is 0 Å². The van der Waals surface area contributed by atoms with Crippen LogP contribution in [0, 0.1) is 0 Å². The molecule has 0 aromatic carbocycles. The van der Waals surface area contributed by atoms with Crippen LogP contribution in [0.5, 0.6) is 0 Å². The van der Waals surface area contributed by atoms with E-state index in [4.69, 9.17) is 0 Å². The number of hydrogen-bond donors (Lipinski definition) is 0. The fourth-order valence-electron chi connectivity index (χ4n) is 0.516. The van der Waals surface area contributed by atoms with Crippen molar-refractivity contribution in [3.8, 4) is 0 Å². The molecular formula is C7H17N2Rb. The molecule has 0 saturated carbocycles. The van der Waals surface area contributed by atoms with E-state index in [-0.39, 0.29) is 58.2 Å². The number of rotatable bonds is 4. The first-order valence-corrected chi connectivity index (χ1v) is 3.44. The summed E-state index contributed by atoms with van der Waals surface area (Å²) in [7, 11) is 3.98. The summed E-state index contributed by atoms with van der Waals surface area (Å²) in [6.45, 7) is 6.41. The van der Waals surface area contributed by atoms with E-state index in [1.165, 1.54) is 0 Å². The minimum absolute atomic E-state index is 0. The van der Waals surface area contributed by atoms with Crippen LogP contribution >= 0.6 is 0 Å². The number of nitrogens with zero attached hydrogens (tertiary/aromatic N) is 2. The van der Waals surface area contributed by atoms with Crippen LogP contribution in [0.25, 0.3) is 5.32 Å². The standard InChI is InChI=1S/C7H17N2.Rb/c1-7(2)9(4)6-5-8-3;/h7H,5-6H2,1-4H3;/q-1;+1. The van der Waals surface area contributed by atoms with Crippen LogP contribution in [-0.2, 0) is 0 Å². The Kier molecular flexibility index (Phi) is 12.6. The van der Waals surface area contributed by atoms with E-state index in [1.807, 2.05) is 7.05 Å². The monoisotopic (exact) mass is 214 g/mol. The molecule has 0 bridgehead atoms. The maximum Gasteiger partial charge on any atom is 1.00 e. The Balaban J connectivity index is 0. The van der Waals surface area contributed by atoms with Crippen molar-refractivity contribution in [3.05, 3.63) is 5.32 Å². The van der Waals surface area contributed by atoms with E-state index in [0.717, 1.165) is 13.1 Å². The van der Waals surface area contributed by atoms with Gasteiger partial charge < -0.3 is 10.2 Å². The largest absolute Gasteiger partial charge is 1.00 e. The molecule has 0 aromatic rings. The van der Waals surface area contributed by atoms with Gasteiger partial charge in [0.2, 0.25) is 0 Å². The molecule has 3 heteroatoms. The van der Waals surface area contributed by atoms with Crippen molar-refractivity contribution in [2.75, 3.05) is 27.2 Å². The minimum atomic E-state index is 0. The molecular weight excluding hydrogens is 198 g/mol. The van der Waals surface area contributed by atoms with Gasteiger partial charge in [0.1, 0.15) is 0 Å². The van der Waals surface area contributed by atoms with Gasteiger partial charge in [0.05, 0.1) is 0 Å². The van der Waals surface area contributed by atoms with E-state index >= 15 is 0 Å². The van der Waals surface area contributed by atoms with E-state index in [1.54, 1.807) is 0 Å². The van der Waals surface area contributed by atoms with Gasteiger partial charge in [-0.1, -0.05) is 0 Å². The average Bonchev–Trinajstić information content (AvgIpc) is 1.82. The fraction of sp³-hybridized carbons (Fsp3) is 1.00. The third-order valence-corrected chi connectivity index (χ3v) is 1.56. The van der Waals surface area contributed by atoms with Crippen molar-refractivity contribution in [2.24, 2.45) is 0 Å². The zero-order valence-corrected chi connectivity index (χ0v) is 12.8. The Morgan fingerprint density at radius 1 is 1.40 bits per heavy atom. The van der Waals surface area contributed by atoms with E-state index < -0.39 is 0 Å². The zero-order valence-electron chi connectivity index (χ0n) is 7.89. The van der Waals surface area contributed by atoms with E-state index in [2.05, 4.69) is 31.1 Å². The quantitative estimate of drug-likeness (QED) is 0.548. The first-order chi connectivity index (χ1) is 4.18. The van der Waals surface area contributed by atoms with Crippen molar-refractivity contribution in [3.63, 3.8) is 0 Å². The van der Waals surface area contributed by atoms with Gasteiger partial charge in [0.15, 0.2) is 0 Å². The Morgan fingerprint density at radius 3 is 2.20 bits per heavy atom. The SMILES string of the molecule is C[N-]CCN(C)C(C)C.[Rb+]. The molecule has 0 rings (SSSR count). The van der Waals surface area contributed by atoms with E-state index in [9.17, 15) is 0 Å². The Labute approximate surface area is 114 Å². The molecule has 56 valence electrons. The Morgan fingerprint density at radius 2 is 1.90 bits per heavy atom. The maximum absolute atomic E-state index is 4.02. The minimum Gasteiger partial charge on any atom is -0.664 e. The predicted molar refractivity (Wildman–Crippen MR) is 41.9 cm³/mol. The summed E-state index contributed by atoms with van der Waals surface area (Å²) in [5, 5.41) is 4.02. The topological polar surface area (TPSA) is 17.3 Å². The van der Waals surface area contributed by atoms with Crippen LogP contribution in [0.1, 0.15) is 13.8 Å². The number of hydrogen-bond acceptors (Lipinski definition) is 1. The summed E-state index contributed by atoms with van der Waals surface area (Å²) < 4.78 is 0. The van der Waals surface area contributed by atoms with Gasteiger partial charge in [-0.05, 0) is 27.4 Å². The summed E-state index contributed by atoms with van der Waals surface area (Å²) in [6.07, 6.45) is 0. The first kappa shape index (κ1) is 14.3. The van der Waals surface area contributed by atoms with Crippen molar-refractivity contribution < 1.29 is 58.2 Å². The normalized spacial score (nSPS) is 10.2. The first-order valence-electron chi connectivity index (χ1n) is 3.44. The van der Waals surface area contributed by atoms with Gasteiger partial charge in [-0.15, -0.1) is 6.54 Å². The molecule has 0 unspecified atom stereocenters. The smallest absolute Gasteiger partial charge is 0.664 e. The van der Waals surface area contributed by atoms with Gasteiger partial charge in [-0.2, -0.15) is 7.05 Å². The van der Waals surface area contributed by atoms with Crippen LogP contribution in [0.15, 0.2) is 0 Å². The van der Waals surface area contributed by atoms with Gasteiger partial charge >= 0.3 is 58.2 Å². The molecule has 0 aliphatic rings. The van der Waals surface area contributed by atoms with E-state index in [0.29, 0.717) is 6.04 Å². The third-order valence-electron chi connectivity index (χ3n) is 1.56. The molecule has 0 spiro atoms. The van der Waals surface area contributed by atoms with Crippen LogP contribution in [0.4, 0.5) is 0 Å². The second-order valence-corrected chi connectivity index (χ2v) is 2.61. The molecule has 0 saturated heterocycles. The van der Waals surface area contributed by atoms with Crippen molar-refractivity contribution in [2.45, 2.75) is 19.9 Å².